The van der Waals surface area contributed by atoms with Crippen LogP contribution in [-0.2, 0) is 11.2 Å². The van der Waals surface area contributed by atoms with E-state index in [0.717, 1.165) is 35.0 Å². The van der Waals surface area contributed by atoms with Gasteiger partial charge in [0.25, 0.3) is 0 Å². The van der Waals surface area contributed by atoms with Gasteiger partial charge in [-0.2, -0.15) is 0 Å². The Hall–Kier alpha value is -3.12. The fraction of sp³-hybridized carbons (Fsp3) is 0.227. The van der Waals surface area contributed by atoms with Crippen LogP contribution in [-0.4, -0.2) is 27.4 Å². The number of hydrogen-bond acceptors (Lipinski definition) is 3. The van der Waals surface area contributed by atoms with Crippen LogP contribution in [0, 0.1) is 0 Å². The predicted octanol–water partition coefficient (Wildman–Crippen LogP) is 4.05. The van der Waals surface area contributed by atoms with Gasteiger partial charge in [0, 0.05) is 23.3 Å². The minimum absolute atomic E-state index is 0.104. The third-order valence-corrected chi connectivity index (χ3v) is 5.66. The zero-order chi connectivity index (χ0) is 20.7. The fourth-order valence-corrected chi connectivity index (χ4v) is 4.03. The number of aromatic carboxylic acids is 1. The van der Waals surface area contributed by atoms with E-state index in [1.807, 2.05) is 41.8 Å². The summed E-state index contributed by atoms with van der Waals surface area (Å²) in [6.45, 7) is 2.03. The Labute approximate surface area is 171 Å². The Kier molecular flexibility index (Phi) is 4.88. The summed E-state index contributed by atoms with van der Waals surface area (Å²) in [7, 11) is 0. The highest BCUT2D eigenvalue weighted by Gasteiger charge is 2.24. The molecular formula is C22H19ClN2O4. The van der Waals surface area contributed by atoms with Crippen LogP contribution < -0.4 is 10.7 Å². The van der Waals surface area contributed by atoms with Crippen LogP contribution in [0.25, 0.3) is 22.0 Å². The van der Waals surface area contributed by atoms with Gasteiger partial charge >= 0.3 is 5.97 Å². The number of alkyl halides is 1. The molecule has 2 heterocycles. The molecule has 0 bridgehead atoms. The highest BCUT2D eigenvalue weighted by atomic mass is 35.5. The number of rotatable bonds is 4. The van der Waals surface area contributed by atoms with Crippen LogP contribution in [0.15, 0.2) is 47.4 Å². The predicted molar refractivity (Wildman–Crippen MR) is 113 cm³/mol. The number of anilines is 1. The molecule has 0 spiro atoms. The molecule has 0 radical (unpaired) electrons. The average molecular weight is 411 g/mol. The molecule has 3 aromatic rings. The number of carbonyl (C=O) groups excluding carboxylic acids is 1. The zero-order valence-electron chi connectivity index (χ0n) is 15.7. The normalized spacial score (nSPS) is 15.3. The summed E-state index contributed by atoms with van der Waals surface area (Å²) < 4.78 is 1.91. The lowest BCUT2D eigenvalue weighted by atomic mass is 9.89. The molecule has 7 heteroatoms. The molecule has 29 heavy (non-hydrogen) atoms. The summed E-state index contributed by atoms with van der Waals surface area (Å²) in [6.07, 6.45) is 3.12. The lowest BCUT2D eigenvalue weighted by molar-refractivity contribution is -0.113. The third-order valence-electron chi connectivity index (χ3n) is 5.42. The monoisotopic (exact) mass is 410 g/mol. The number of halogens is 1. The summed E-state index contributed by atoms with van der Waals surface area (Å²) in [5.74, 6) is -1.59. The van der Waals surface area contributed by atoms with Crippen molar-refractivity contribution in [2.75, 3.05) is 11.2 Å². The molecule has 0 saturated carbocycles. The van der Waals surface area contributed by atoms with Crippen LogP contribution in [0.3, 0.4) is 0 Å². The fourth-order valence-electron chi connectivity index (χ4n) is 3.97. The van der Waals surface area contributed by atoms with Crippen molar-refractivity contribution < 1.29 is 14.7 Å². The molecule has 0 aliphatic carbocycles. The quantitative estimate of drug-likeness (QED) is 0.635. The van der Waals surface area contributed by atoms with Gasteiger partial charge in [0.15, 0.2) is 0 Å². The largest absolute Gasteiger partial charge is 0.477 e. The number of aryl methyl sites for hydroxylation is 1. The number of carbonyl (C=O) groups is 2. The number of nitrogens with zero attached hydrogens (tertiary/aromatic N) is 1. The topological polar surface area (TPSA) is 88.4 Å². The standard InChI is InChI=1S/C22H19ClN2O4/c1-12-2-7-16-15(13-3-5-14(6-4-13)24-19(26)10-23)8-9-17-20(16)25(12)11-18(21(17)27)22(28)29/h3-6,8-9,11-12H,2,7,10H2,1H3,(H,24,26)(H,28,29). The molecule has 4 rings (SSSR count). The van der Waals surface area contributed by atoms with Crippen molar-refractivity contribution in [3.63, 3.8) is 0 Å². The molecule has 2 aromatic carbocycles. The van der Waals surface area contributed by atoms with Gasteiger partial charge in [-0.15, -0.1) is 11.6 Å². The van der Waals surface area contributed by atoms with Crippen molar-refractivity contribution in [2.45, 2.75) is 25.8 Å². The number of carboxylic acid groups (broad SMARTS) is 1. The van der Waals surface area contributed by atoms with Crippen molar-refractivity contribution in [1.29, 1.82) is 0 Å². The third kappa shape index (κ3) is 3.29. The maximum Gasteiger partial charge on any atom is 0.341 e. The van der Waals surface area contributed by atoms with Gasteiger partial charge in [0.05, 0.1) is 5.52 Å². The maximum atomic E-state index is 12.7. The van der Waals surface area contributed by atoms with E-state index < -0.39 is 11.4 Å². The molecule has 2 N–H and O–H groups in total. The Bertz CT molecular complexity index is 1200. The van der Waals surface area contributed by atoms with Gasteiger partial charge in [0.2, 0.25) is 11.3 Å². The van der Waals surface area contributed by atoms with E-state index in [1.54, 1.807) is 6.07 Å². The van der Waals surface area contributed by atoms with Crippen molar-refractivity contribution >= 4 is 40.1 Å². The summed E-state index contributed by atoms with van der Waals surface area (Å²) in [5.41, 5.74) is 3.79. The van der Waals surface area contributed by atoms with Crippen molar-refractivity contribution in [3.05, 3.63) is 63.9 Å². The van der Waals surface area contributed by atoms with Gasteiger partial charge in [-0.05, 0) is 54.7 Å². The van der Waals surface area contributed by atoms with E-state index >= 15 is 0 Å². The molecule has 1 atom stereocenters. The Morgan fingerprint density at radius 2 is 1.93 bits per heavy atom. The zero-order valence-corrected chi connectivity index (χ0v) is 16.5. The highest BCUT2D eigenvalue weighted by molar-refractivity contribution is 6.29. The van der Waals surface area contributed by atoms with Gasteiger partial charge in [-0.3, -0.25) is 9.59 Å². The van der Waals surface area contributed by atoms with Crippen molar-refractivity contribution in [1.82, 2.24) is 4.57 Å². The number of carboxylic acids is 1. The number of hydrogen-bond donors (Lipinski definition) is 2. The van der Waals surface area contributed by atoms with Gasteiger partial charge in [-0.1, -0.05) is 18.2 Å². The number of pyridine rings is 1. The van der Waals surface area contributed by atoms with Gasteiger partial charge in [0.1, 0.15) is 11.4 Å². The summed E-state index contributed by atoms with van der Waals surface area (Å²) in [6, 6.07) is 11.1. The van der Waals surface area contributed by atoms with E-state index in [9.17, 15) is 19.5 Å². The Balaban J connectivity index is 1.88. The van der Waals surface area contributed by atoms with E-state index in [1.165, 1.54) is 6.20 Å². The highest BCUT2D eigenvalue weighted by Crippen LogP contribution is 2.36. The molecule has 6 nitrogen and oxygen atoms in total. The lowest BCUT2D eigenvalue weighted by Crippen LogP contribution is -2.24. The van der Waals surface area contributed by atoms with Crippen LogP contribution in [0.4, 0.5) is 5.69 Å². The first-order valence-corrected chi connectivity index (χ1v) is 9.84. The Morgan fingerprint density at radius 1 is 1.21 bits per heavy atom. The number of amides is 1. The first-order chi connectivity index (χ1) is 13.9. The second-order valence-electron chi connectivity index (χ2n) is 7.22. The number of nitrogens with one attached hydrogen (secondary N) is 1. The molecule has 1 amide bonds. The second-order valence-corrected chi connectivity index (χ2v) is 7.49. The van der Waals surface area contributed by atoms with Gasteiger partial charge < -0.3 is 15.0 Å². The van der Waals surface area contributed by atoms with E-state index in [0.29, 0.717) is 11.1 Å². The van der Waals surface area contributed by atoms with Crippen LogP contribution in [0.5, 0.6) is 0 Å². The molecule has 1 aromatic heterocycles. The lowest BCUT2D eigenvalue weighted by Gasteiger charge is -2.28. The SMILES string of the molecule is CC1CCc2c(-c3ccc(NC(=O)CCl)cc3)ccc3c(=O)c(C(=O)O)cn1c23. The molecule has 0 fully saturated rings. The number of aromatic nitrogens is 1. The molecular weight excluding hydrogens is 392 g/mol. The molecule has 1 aliphatic heterocycles. The van der Waals surface area contributed by atoms with Crippen LogP contribution in [0.2, 0.25) is 0 Å². The summed E-state index contributed by atoms with van der Waals surface area (Å²) >= 11 is 5.52. The van der Waals surface area contributed by atoms with Crippen molar-refractivity contribution in [3.8, 4) is 11.1 Å². The first kappa shape index (κ1) is 19.2. The smallest absolute Gasteiger partial charge is 0.341 e. The number of benzene rings is 2. The average Bonchev–Trinajstić information content (AvgIpc) is 2.72. The Morgan fingerprint density at radius 3 is 2.59 bits per heavy atom. The van der Waals surface area contributed by atoms with Crippen molar-refractivity contribution in [2.24, 2.45) is 0 Å². The summed E-state index contributed by atoms with van der Waals surface area (Å²) in [4.78, 5) is 35.7. The molecule has 1 unspecified atom stereocenters. The molecule has 148 valence electrons. The van der Waals surface area contributed by atoms with E-state index in [-0.39, 0.29) is 23.4 Å². The van der Waals surface area contributed by atoms with E-state index in [2.05, 4.69) is 5.32 Å². The minimum Gasteiger partial charge on any atom is -0.477 e. The minimum atomic E-state index is -1.21. The van der Waals surface area contributed by atoms with Gasteiger partial charge in [-0.25, -0.2) is 4.79 Å². The maximum absolute atomic E-state index is 12.7. The summed E-state index contributed by atoms with van der Waals surface area (Å²) in [5, 5.41) is 12.5. The van der Waals surface area contributed by atoms with Crippen LogP contribution >= 0.6 is 11.6 Å². The first-order valence-electron chi connectivity index (χ1n) is 9.31. The van der Waals surface area contributed by atoms with Crippen LogP contribution in [0.1, 0.15) is 35.3 Å². The second kappa shape index (κ2) is 7.37. The molecule has 1 aliphatic rings. The molecule has 0 saturated heterocycles. The van der Waals surface area contributed by atoms with E-state index in [4.69, 9.17) is 11.6 Å².